The number of nitrogens with zero attached hydrogens (tertiary/aromatic N) is 3. The van der Waals surface area contributed by atoms with E-state index in [0.29, 0.717) is 33.6 Å². The molecule has 0 aliphatic heterocycles. The van der Waals surface area contributed by atoms with Gasteiger partial charge in [0, 0.05) is 5.69 Å². The highest BCUT2D eigenvalue weighted by molar-refractivity contribution is 7.80. The number of pyridine rings is 1. The minimum Gasteiger partial charge on any atom is -0.462 e. The van der Waals surface area contributed by atoms with Gasteiger partial charge in [-0.05, 0) is 69.7 Å². The van der Waals surface area contributed by atoms with Gasteiger partial charge in [0.05, 0.1) is 18.0 Å². The highest BCUT2D eigenvalue weighted by Gasteiger charge is 2.23. The molecule has 0 aliphatic rings. The highest BCUT2D eigenvalue weighted by Crippen LogP contribution is 2.32. The van der Waals surface area contributed by atoms with Crippen molar-refractivity contribution in [1.29, 1.82) is 0 Å². The third-order valence-corrected chi connectivity index (χ3v) is 4.84. The first kappa shape index (κ1) is 23.0. The lowest BCUT2D eigenvalue weighted by atomic mass is 10.1. The van der Waals surface area contributed by atoms with E-state index in [2.05, 4.69) is 25.8 Å². The standard InChI is InChI=1S/C24H25N5O2S/c1-5-31-23(30)20-16(3)21(29-28-19-9-7-6-8-10-19)17(4)25-22(20)27-24(32)26-18-13-11-15(2)12-14-18/h6-14H,5H2,1-4H3,(H2,25,26,27,32). The molecule has 3 aromatic rings. The fourth-order valence-corrected chi connectivity index (χ4v) is 3.26. The average Bonchev–Trinajstić information content (AvgIpc) is 2.76. The van der Waals surface area contributed by atoms with Crippen LogP contribution in [0.4, 0.5) is 22.9 Å². The Hall–Kier alpha value is -3.65. The number of thiocarbonyl (C=S) groups is 1. The van der Waals surface area contributed by atoms with Crippen molar-refractivity contribution < 1.29 is 9.53 Å². The van der Waals surface area contributed by atoms with Gasteiger partial charge in [0.2, 0.25) is 0 Å². The van der Waals surface area contributed by atoms with Crippen molar-refractivity contribution in [2.75, 3.05) is 17.2 Å². The third-order valence-electron chi connectivity index (χ3n) is 4.63. The smallest absolute Gasteiger partial charge is 0.342 e. The van der Waals surface area contributed by atoms with Crippen LogP contribution in [0.3, 0.4) is 0 Å². The molecule has 3 rings (SSSR count). The molecular weight excluding hydrogens is 422 g/mol. The first-order valence-corrected chi connectivity index (χ1v) is 10.6. The first-order chi connectivity index (χ1) is 15.4. The molecule has 0 saturated heterocycles. The summed E-state index contributed by atoms with van der Waals surface area (Å²) in [6.45, 7) is 7.60. The number of aryl methyl sites for hydroxylation is 2. The minimum atomic E-state index is -0.505. The summed E-state index contributed by atoms with van der Waals surface area (Å²) in [6, 6.07) is 17.2. The fourth-order valence-electron chi connectivity index (χ4n) is 3.04. The number of carbonyl (C=O) groups is 1. The predicted molar refractivity (Wildman–Crippen MR) is 131 cm³/mol. The normalized spacial score (nSPS) is 10.8. The van der Waals surface area contributed by atoms with E-state index < -0.39 is 5.97 Å². The van der Waals surface area contributed by atoms with Crippen molar-refractivity contribution in [3.05, 3.63) is 77.0 Å². The number of anilines is 2. The molecule has 1 aromatic heterocycles. The molecule has 0 saturated carbocycles. The van der Waals surface area contributed by atoms with Gasteiger partial charge < -0.3 is 15.4 Å². The van der Waals surface area contributed by atoms with E-state index in [4.69, 9.17) is 17.0 Å². The number of aromatic nitrogens is 1. The molecule has 8 heteroatoms. The van der Waals surface area contributed by atoms with E-state index in [1.807, 2.05) is 68.4 Å². The quantitative estimate of drug-likeness (QED) is 0.258. The molecule has 0 amide bonds. The fraction of sp³-hybridized carbons (Fsp3) is 0.208. The van der Waals surface area contributed by atoms with E-state index in [-0.39, 0.29) is 12.2 Å². The van der Waals surface area contributed by atoms with Gasteiger partial charge in [0.15, 0.2) is 5.11 Å². The predicted octanol–water partition coefficient (Wildman–Crippen LogP) is 6.41. The molecule has 2 N–H and O–H groups in total. The van der Waals surface area contributed by atoms with Crippen LogP contribution in [0.1, 0.15) is 34.1 Å². The van der Waals surface area contributed by atoms with E-state index in [1.165, 1.54) is 0 Å². The summed E-state index contributed by atoms with van der Waals surface area (Å²) in [6.07, 6.45) is 0. The van der Waals surface area contributed by atoms with Gasteiger partial charge in [-0.25, -0.2) is 9.78 Å². The molecule has 0 spiro atoms. The number of nitrogens with one attached hydrogen (secondary N) is 2. The minimum absolute atomic E-state index is 0.235. The van der Waals surface area contributed by atoms with Crippen LogP contribution in [0, 0.1) is 20.8 Å². The molecule has 0 atom stereocenters. The molecule has 0 aliphatic carbocycles. The SMILES string of the molecule is CCOC(=O)c1c(NC(=S)Nc2ccc(C)cc2)nc(C)c(N=Nc2ccccc2)c1C. The number of hydrogen-bond acceptors (Lipinski definition) is 6. The molecule has 7 nitrogen and oxygen atoms in total. The van der Waals surface area contributed by atoms with E-state index >= 15 is 0 Å². The van der Waals surface area contributed by atoms with Gasteiger partial charge in [-0.3, -0.25) is 0 Å². The lowest BCUT2D eigenvalue weighted by Gasteiger charge is -2.17. The number of hydrogen-bond donors (Lipinski definition) is 2. The van der Waals surface area contributed by atoms with Crippen LogP contribution in [0.15, 0.2) is 64.8 Å². The van der Waals surface area contributed by atoms with Crippen LogP contribution in [0.2, 0.25) is 0 Å². The lowest BCUT2D eigenvalue weighted by molar-refractivity contribution is 0.0526. The number of rotatable bonds is 6. The van der Waals surface area contributed by atoms with Gasteiger partial charge >= 0.3 is 5.97 Å². The number of azo groups is 1. The summed E-state index contributed by atoms with van der Waals surface area (Å²) in [5.74, 6) is -0.198. The van der Waals surface area contributed by atoms with E-state index in [1.54, 1.807) is 13.8 Å². The highest BCUT2D eigenvalue weighted by atomic mass is 32.1. The Balaban J connectivity index is 1.94. The van der Waals surface area contributed by atoms with Crippen molar-refractivity contribution in [2.45, 2.75) is 27.7 Å². The maximum atomic E-state index is 12.8. The Morgan fingerprint density at radius 3 is 2.34 bits per heavy atom. The van der Waals surface area contributed by atoms with E-state index in [9.17, 15) is 4.79 Å². The van der Waals surface area contributed by atoms with Crippen LogP contribution in [-0.2, 0) is 4.74 Å². The number of benzene rings is 2. The number of esters is 1. The van der Waals surface area contributed by atoms with Gasteiger partial charge in [-0.2, -0.15) is 5.11 Å². The van der Waals surface area contributed by atoms with Crippen LogP contribution < -0.4 is 10.6 Å². The monoisotopic (exact) mass is 447 g/mol. The molecule has 0 fully saturated rings. The van der Waals surface area contributed by atoms with Gasteiger partial charge in [0.1, 0.15) is 17.1 Å². The summed E-state index contributed by atoms with van der Waals surface area (Å²) < 4.78 is 5.27. The first-order valence-electron chi connectivity index (χ1n) is 10.2. The van der Waals surface area contributed by atoms with Gasteiger partial charge in [-0.1, -0.05) is 35.9 Å². The van der Waals surface area contributed by atoms with Crippen molar-refractivity contribution in [1.82, 2.24) is 4.98 Å². The van der Waals surface area contributed by atoms with Crippen molar-refractivity contribution in [3.8, 4) is 0 Å². The Morgan fingerprint density at radius 2 is 1.69 bits per heavy atom. The maximum absolute atomic E-state index is 12.8. The Kier molecular flexibility index (Phi) is 7.62. The molecule has 0 unspecified atom stereocenters. The lowest BCUT2D eigenvalue weighted by Crippen LogP contribution is -2.23. The van der Waals surface area contributed by atoms with Gasteiger partial charge in [-0.15, -0.1) is 5.11 Å². The molecule has 0 bridgehead atoms. The molecule has 1 heterocycles. The van der Waals surface area contributed by atoms with Crippen LogP contribution in [-0.4, -0.2) is 22.7 Å². The number of ether oxygens (including phenoxy) is 1. The zero-order valence-electron chi connectivity index (χ0n) is 18.5. The van der Waals surface area contributed by atoms with Crippen molar-refractivity contribution >= 4 is 46.2 Å². The second-order valence-electron chi connectivity index (χ2n) is 7.10. The summed E-state index contributed by atoms with van der Waals surface area (Å²) >= 11 is 5.44. The second kappa shape index (κ2) is 10.6. The average molecular weight is 448 g/mol. The summed E-state index contributed by atoms with van der Waals surface area (Å²) in [4.78, 5) is 17.3. The van der Waals surface area contributed by atoms with Crippen molar-refractivity contribution in [2.24, 2.45) is 10.2 Å². The van der Waals surface area contributed by atoms with Crippen LogP contribution in [0.5, 0.6) is 0 Å². The summed E-state index contributed by atoms with van der Waals surface area (Å²) in [5, 5.41) is 15.1. The molecule has 164 valence electrons. The molecular formula is C24H25N5O2S. The van der Waals surface area contributed by atoms with E-state index in [0.717, 1.165) is 11.3 Å². The summed E-state index contributed by atoms with van der Waals surface area (Å²) in [7, 11) is 0. The Morgan fingerprint density at radius 1 is 1.00 bits per heavy atom. The Bertz CT molecular complexity index is 1150. The third kappa shape index (κ3) is 5.73. The second-order valence-corrected chi connectivity index (χ2v) is 7.50. The zero-order chi connectivity index (χ0) is 23.1. The zero-order valence-corrected chi connectivity index (χ0v) is 19.3. The van der Waals surface area contributed by atoms with Crippen molar-refractivity contribution in [3.63, 3.8) is 0 Å². The topological polar surface area (TPSA) is 88.0 Å². The van der Waals surface area contributed by atoms with Crippen LogP contribution >= 0.6 is 12.2 Å². The maximum Gasteiger partial charge on any atom is 0.342 e. The summed E-state index contributed by atoms with van der Waals surface area (Å²) in [5.41, 5.74) is 4.67. The van der Waals surface area contributed by atoms with Gasteiger partial charge in [0.25, 0.3) is 0 Å². The van der Waals surface area contributed by atoms with Crippen LogP contribution in [0.25, 0.3) is 0 Å². The molecule has 2 aromatic carbocycles. The molecule has 0 radical (unpaired) electrons. The molecule has 32 heavy (non-hydrogen) atoms. The number of carbonyl (C=O) groups excluding carboxylic acids is 1. The largest absolute Gasteiger partial charge is 0.462 e. The Labute approximate surface area is 193 Å².